The van der Waals surface area contributed by atoms with Crippen LogP contribution in [0.3, 0.4) is 0 Å². The number of hydrogen-bond acceptors (Lipinski definition) is 2. The molecular formula is C11H13BrN2O. The maximum Gasteiger partial charge on any atom is 0.251 e. The van der Waals surface area contributed by atoms with Crippen LogP contribution in [0.15, 0.2) is 24.5 Å². The minimum Gasteiger partial charge on any atom is -0.351 e. The molecule has 0 spiro atoms. The highest BCUT2D eigenvalue weighted by molar-refractivity contribution is 9.09. The first kappa shape index (κ1) is 10.6. The number of aromatic nitrogens is 1. The highest BCUT2D eigenvalue weighted by Crippen LogP contribution is 2.36. The van der Waals surface area contributed by atoms with Crippen molar-refractivity contribution in [1.82, 2.24) is 10.3 Å². The van der Waals surface area contributed by atoms with E-state index in [1.807, 2.05) is 0 Å². The van der Waals surface area contributed by atoms with Crippen molar-refractivity contribution < 1.29 is 4.79 Å². The van der Waals surface area contributed by atoms with Gasteiger partial charge >= 0.3 is 0 Å². The largest absolute Gasteiger partial charge is 0.351 e. The Hall–Kier alpha value is -0.900. The topological polar surface area (TPSA) is 42.0 Å². The number of amides is 1. The van der Waals surface area contributed by atoms with Crippen molar-refractivity contribution in [2.24, 2.45) is 5.92 Å². The van der Waals surface area contributed by atoms with Crippen molar-refractivity contribution in [3.8, 4) is 0 Å². The standard InChI is InChI=1S/C11H13BrN2O/c12-10(8-1-2-8)7-14-11(15)9-3-5-13-6-4-9/h3-6,8,10H,1-2,7H2,(H,14,15). The Kier molecular flexibility index (Phi) is 3.36. The first-order chi connectivity index (χ1) is 7.27. The predicted octanol–water partition coefficient (Wildman–Crippen LogP) is 1.98. The fraction of sp³-hybridized carbons (Fsp3) is 0.455. The number of hydrogen-bond donors (Lipinski definition) is 1. The van der Waals surface area contributed by atoms with Crippen LogP contribution < -0.4 is 5.32 Å². The summed E-state index contributed by atoms with van der Waals surface area (Å²) in [5.74, 6) is 0.727. The van der Waals surface area contributed by atoms with Crippen LogP contribution in [0.4, 0.5) is 0 Å². The van der Waals surface area contributed by atoms with Gasteiger partial charge in [-0.1, -0.05) is 15.9 Å². The van der Waals surface area contributed by atoms with Gasteiger partial charge in [-0.15, -0.1) is 0 Å². The molecule has 1 heterocycles. The minimum absolute atomic E-state index is 0.0255. The monoisotopic (exact) mass is 268 g/mol. The Balaban J connectivity index is 1.82. The Morgan fingerprint density at radius 2 is 2.20 bits per heavy atom. The molecule has 0 radical (unpaired) electrons. The number of carbonyl (C=O) groups excluding carboxylic acids is 1. The molecule has 0 saturated heterocycles. The van der Waals surface area contributed by atoms with E-state index in [4.69, 9.17) is 0 Å². The zero-order chi connectivity index (χ0) is 10.7. The van der Waals surface area contributed by atoms with E-state index in [-0.39, 0.29) is 5.91 Å². The molecule has 1 amide bonds. The Morgan fingerprint density at radius 1 is 1.53 bits per heavy atom. The lowest BCUT2D eigenvalue weighted by Crippen LogP contribution is -2.30. The summed E-state index contributed by atoms with van der Waals surface area (Å²) >= 11 is 3.58. The molecule has 15 heavy (non-hydrogen) atoms. The van der Waals surface area contributed by atoms with Gasteiger partial charge in [0.05, 0.1) is 0 Å². The molecule has 80 valence electrons. The second-order valence-corrected chi connectivity index (χ2v) is 4.98. The van der Waals surface area contributed by atoms with Crippen LogP contribution in [-0.4, -0.2) is 22.3 Å². The molecule has 1 aliphatic rings. The Morgan fingerprint density at radius 3 is 2.80 bits per heavy atom. The molecule has 1 N–H and O–H groups in total. The van der Waals surface area contributed by atoms with Crippen molar-refractivity contribution >= 4 is 21.8 Å². The summed E-state index contributed by atoms with van der Waals surface area (Å²) in [5, 5.41) is 2.91. The zero-order valence-corrected chi connectivity index (χ0v) is 9.90. The molecule has 1 aliphatic carbocycles. The van der Waals surface area contributed by atoms with Crippen LogP contribution in [0, 0.1) is 5.92 Å². The summed E-state index contributed by atoms with van der Waals surface area (Å²) < 4.78 is 0. The van der Waals surface area contributed by atoms with E-state index in [1.165, 1.54) is 12.8 Å². The molecule has 1 aromatic heterocycles. The van der Waals surface area contributed by atoms with Crippen LogP contribution in [0.25, 0.3) is 0 Å². The molecule has 1 atom stereocenters. The summed E-state index contributed by atoms with van der Waals surface area (Å²) in [6.07, 6.45) is 5.81. The highest BCUT2D eigenvalue weighted by atomic mass is 79.9. The number of pyridine rings is 1. The second-order valence-electron chi connectivity index (χ2n) is 3.80. The van der Waals surface area contributed by atoms with E-state index >= 15 is 0 Å². The molecule has 0 aliphatic heterocycles. The van der Waals surface area contributed by atoms with Gasteiger partial charge in [0.15, 0.2) is 0 Å². The average molecular weight is 269 g/mol. The third-order valence-corrected chi connectivity index (χ3v) is 3.61. The molecule has 3 nitrogen and oxygen atoms in total. The number of nitrogens with zero attached hydrogens (tertiary/aromatic N) is 1. The van der Waals surface area contributed by atoms with E-state index in [0.717, 1.165) is 5.92 Å². The van der Waals surface area contributed by atoms with Gasteiger partial charge in [-0.2, -0.15) is 0 Å². The van der Waals surface area contributed by atoms with Crippen molar-refractivity contribution in [2.45, 2.75) is 17.7 Å². The lowest BCUT2D eigenvalue weighted by Gasteiger charge is -2.09. The third-order valence-electron chi connectivity index (χ3n) is 2.53. The van der Waals surface area contributed by atoms with Gasteiger partial charge in [-0.05, 0) is 30.9 Å². The Labute approximate surface area is 97.4 Å². The normalized spacial score (nSPS) is 17.1. The zero-order valence-electron chi connectivity index (χ0n) is 8.32. The number of carbonyl (C=O) groups is 1. The van der Waals surface area contributed by atoms with E-state index in [0.29, 0.717) is 16.9 Å². The number of nitrogens with one attached hydrogen (secondary N) is 1. The first-order valence-corrected chi connectivity index (χ1v) is 6.01. The van der Waals surface area contributed by atoms with Gasteiger partial charge in [0.2, 0.25) is 0 Å². The van der Waals surface area contributed by atoms with E-state index in [1.54, 1.807) is 24.5 Å². The first-order valence-electron chi connectivity index (χ1n) is 5.09. The van der Waals surface area contributed by atoms with Crippen LogP contribution in [0.5, 0.6) is 0 Å². The van der Waals surface area contributed by atoms with E-state index < -0.39 is 0 Å². The Bertz CT molecular complexity index is 338. The smallest absolute Gasteiger partial charge is 0.251 e. The summed E-state index contributed by atoms with van der Waals surface area (Å²) in [6, 6.07) is 3.44. The minimum atomic E-state index is -0.0255. The summed E-state index contributed by atoms with van der Waals surface area (Å²) in [7, 11) is 0. The van der Waals surface area contributed by atoms with Crippen molar-refractivity contribution in [2.75, 3.05) is 6.54 Å². The fourth-order valence-electron chi connectivity index (χ4n) is 1.42. The molecule has 1 unspecified atom stereocenters. The van der Waals surface area contributed by atoms with E-state index in [9.17, 15) is 4.79 Å². The van der Waals surface area contributed by atoms with Gasteiger partial charge in [0.25, 0.3) is 5.91 Å². The number of halogens is 1. The van der Waals surface area contributed by atoms with Gasteiger partial charge < -0.3 is 5.32 Å². The fourth-order valence-corrected chi connectivity index (χ4v) is 2.11. The van der Waals surface area contributed by atoms with Gasteiger partial charge in [0.1, 0.15) is 0 Å². The van der Waals surface area contributed by atoms with E-state index in [2.05, 4.69) is 26.2 Å². The summed E-state index contributed by atoms with van der Waals surface area (Å²) in [5.41, 5.74) is 0.667. The highest BCUT2D eigenvalue weighted by Gasteiger charge is 2.29. The quantitative estimate of drug-likeness (QED) is 0.849. The van der Waals surface area contributed by atoms with Gasteiger partial charge in [-0.25, -0.2) is 0 Å². The SMILES string of the molecule is O=C(NCC(Br)C1CC1)c1ccncc1. The molecule has 0 bridgehead atoms. The molecule has 2 rings (SSSR count). The predicted molar refractivity (Wildman–Crippen MR) is 62.0 cm³/mol. The van der Waals surface area contributed by atoms with Crippen molar-refractivity contribution in [3.05, 3.63) is 30.1 Å². The van der Waals surface area contributed by atoms with Crippen molar-refractivity contribution in [1.29, 1.82) is 0 Å². The molecule has 1 aromatic rings. The van der Waals surface area contributed by atoms with Gasteiger partial charge in [-0.3, -0.25) is 9.78 Å². The number of rotatable bonds is 4. The lowest BCUT2D eigenvalue weighted by atomic mass is 10.2. The maximum absolute atomic E-state index is 11.6. The molecule has 1 saturated carbocycles. The second kappa shape index (κ2) is 4.75. The van der Waals surface area contributed by atoms with Crippen LogP contribution in [0.2, 0.25) is 0 Å². The molecular weight excluding hydrogens is 256 g/mol. The van der Waals surface area contributed by atoms with Gasteiger partial charge in [0, 0.05) is 29.3 Å². The van der Waals surface area contributed by atoms with Crippen LogP contribution >= 0.6 is 15.9 Å². The number of alkyl halides is 1. The summed E-state index contributed by atoms with van der Waals surface area (Å²) in [4.78, 5) is 15.9. The molecule has 1 fully saturated rings. The van der Waals surface area contributed by atoms with Crippen LogP contribution in [0.1, 0.15) is 23.2 Å². The molecule has 4 heteroatoms. The summed E-state index contributed by atoms with van der Waals surface area (Å²) in [6.45, 7) is 0.700. The molecule has 0 aromatic carbocycles. The van der Waals surface area contributed by atoms with Crippen molar-refractivity contribution in [3.63, 3.8) is 0 Å². The van der Waals surface area contributed by atoms with Crippen LogP contribution in [-0.2, 0) is 0 Å². The maximum atomic E-state index is 11.6. The lowest BCUT2D eigenvalue weighted by molar-refractivity contribution is 0.0953. The average Bonchev–Trinajstić information content (AvgIpc) is 3.10. The third kappa shape index (κ3) is 3.02.